The molecule has 4 heteroatoms. The van der Waals surface area contributed by atoms with Crippen LogP contribution in [0.3, 0.4) is 0 Å². The van der Waals surface area contributed by atoms with E-state index in [0.29, 0.717) is 12.5 Å². The molecule has 0 aromatic carbocycles. The molecule has 0 radical (unpaired) electrons. The van der Waals surface area contributed by atoms with Crippen LogP contribution < -0.4 is 5.32 Å². The predicted molar refractivity (Wildman–Crippen MR) is 66.2 cm³/mol. The monoisotopic (exact) mass is 230 g/mol. The van der Waals surface area contributed by atoms with Gasteiger partial charge in [0.25, 0.3) is 0 Å². The molecule has 1 saturated heterocycles. The van der Waals surface area contributed by atoms with E-state index in [9.17, 15) is 0 Å². The number of nitrogens with zero attached hydrogens (tertiary/aromatic N) is 3. The standard InChI is InChI=1S/C13H18N4/c14-5-2-13-10-16-6-1-9-17(13)11-12-3-7-15-8-4-12/h3-4,7-8,13,16H,1-2,6,9-11H2. The third-order valence-corrected chi connectivity index (χ3v) is 3.16. The first-order chi connectivity index (χ1) is 8.40. The molecular formula is C13H18N4. The number of hydrogen-bond donors (Lipinski definition) is 1. The van der Waals surface area contributed by atoms with E-state index in [1.165, 1.54) is 5.56 Å². The van der Waals surface area contributed by atoms with E-state index in [1.54, 1.807) is 0 Å². The van der Waals surface area contributed by atoms with Crippen molar-refractivity contribution < 1.29 is 0 Å². The van der Waals surface area contributed by atoms with Gasteiger partial charge in [-0.1, -0.05) is 0 Å². The Labute approximate surface area is 102 Å². The summed E-state index contributed by atoms with van der Waals surface area (Å²) in [6.45, 7) is 3.94. The summed E-state index contributed by atoms with van der Waals surface area (Å²) in [6.07, 6.45) is 5.39. The minimum atomic E-state index is 0.329. The van der Waals surface area contributed by atoms with E-state index in [-0.39, 0.29) is 0 Å². The lowest BCUT2D eigenvalue weighted by atomic mass is 10.1. The van der Waals surface area contributed by atoms with E-state index in [0.717, 1.165) is 32.6 Å². The average Bonchev–Trinajstić information content (AvgIpc) is 2.57. The lowest BCUT2D eigenvalue weighted by Crippen LogP contribution is -2.38. The molecule has 0 saturated carbocycles. The summed E-state index contributed by atoms with van der Waals surface area (Å²) in [7, 11) is 0. The number of aromatic nitrogens is 1. The Balaban J connectivity index is 2.02. The molecule has 0 aliphatic carbocycles. The van der Waals surface area contributed by atoms with Crippen molar-refractivity contribution in [2.24, 2.45) is 0 Å². The second-order valence-electron chi connectivity index (χ2n) is 4.40. The van der Waals surface area contributed by atoms with Crippen LogP contribution in [-0.4, -0.2) is 35.6 Å². The van der Waals surface area contributed by atoms with Crippen molar-refractivity contribution in [1.82, 2.24) is 15.2 Å². The van der Waals surface area contributed by atoms with Gasteiger partial charge in [-0.3, -0.25) is 9.88 Å². The number of hydrogen-bond acceptors (Lipinski definition) is 4. The molecule has 1 fully saturated rings. The molecule has 17 heavy (non-hydrogen) atoms. The highest BCUT2D eigenvalue weighted by atomic mass is 15.2. The Morgan fingerprint density at radius 1 is 1.47 bits per heavy atom. The molecule has 1 atom stereocenters. The van der Waals surface area contributed by atoms with Crippen molar-refractivity contribution in [3.63, 3.8) is 0 Å². The summed E-state index contributed by atoms with van der Waals surface area (Å²) in [6, 6.07) is 6.70. The molecule has 1 aliphatic rings. The van der Waals surface area contributed by atoms with Gasteiger partial charge in [0.1, 0.15) is 0 Å². The molecule has 1 N–H and O–H groups in total. The SMILES string of the molecule is N#CCC1CNCCCN1Cc1ccncc1. The van der Waals surface area contributed by atoms with E-state index in [2.05, 4.69) is 21.3 Å². The summed E-state index contributed by atoms with van der Waals surface area (Å²) in [4.78, 5) is 6.43. The highest BCUT2D eigenvalue weighted by molar-refractivity contribution is 5.10. The zero-order valence-electron chi connectivity index (χ0n) is 9.97. The van der Waals surface area contributed by atoms with Crippen molar-refractivity contribution in [2.45, 2.75) is 25.4 Å². The van der Waals surface area contributed by atoms with E-state index >= 15 is 0 Å². The molecule has 4 nitrogen and oxygen atoms in total. The van der Waals surface area contributed by atoms with Gasteiger partial charge in [-0.25, -0.2) is 0 Å². The third kappa shape index (κ3) is 3.52. The van der Waals surface area contributed by atoms with Crippen LogP contribution in [0.15, 0.2) is 24.5 Å². The Hall–Kier alpha value is -1.44. The fourth-order valence-corrected chi connectivity index (χ4v) is 2.22. The molecule has 0 bridgehead atoms. The normalized spacial score (nSPS) is 21.7. The summed E-state index contributed by atoms with van der Waals surface area (Å²) in [5.41, 5.74) is 1.27. The molecule has 1 unspecified atom stereocenters. The fraction of sp³-hybridized carbons (Fsp3) is 0.538. The first-order valence-corrected chi connectivity index (χ1v) is 6.11. The first kappa shape index (κ1) is 12.0. The Morgan fingerprint density at radius 2 is 2.29 bits per heavy atom. The minimum Gasteiger partial charge on any atom is -0.315 e. The highest BCUT2D eigenvalue weighted by Crippen LogP contribution is 2.12. The van der Waals surface area contributed by atoms with Gasteiger partial charge in [0.15, 0.2) is 0 Å². The Bertz CT molecular complexity index is 371. The first-order valence-electron chi connectivity index (χ1n) is 6.11. The van der Waals surface area contributed by atoms with Crippen molar-refractivity contribution in [2.75, 3.05) is 19.6 Å². The lowest BCUT2D eigenvalue weighted by Gasteiger charge is -2.27. The molecule has 0 spiro atoms. The van der Waals surface area contributed by atoms with Crippen LogP contribution in [0.5, 0.6) is 0 Å². The van der Waals surface area contributed by atoms with Gasteiger partial charge >= 0.3 is 0 Å². The second-order valence-corrected chi connectivity index (χ2v) is 4.40. The number of nitriles is 1. The van der Waals surface area contributed by atoms with Crippen molar-refractivity contribution in [3.05, 3.63) is 30.1 Å². The predicted octanol–water partition coefficient (Wildman–Crippen LogP) is 1.16. The smallest absolute Gasteiger partial charge is 0.0638 e. The zero-order chi connectivity index (χ0) is 11.9. The maximum atomic E-state index is 8.88. The van der Waals surface area contributed by atoms with Gasteiger partial charge in [-0.15, -0.1) is 0 Å². The van der Waals surface area contributed by atoms with Gasteiger partial charge in [0.2, 0.25) is 0 Å². The molecular weight excluding hydrogens is 212 g/mol. The largest absolute Gasteiger partial charge is 0.315 e. The zero-order valence-corrected chi connectivity index (χ0v) is 9.97. The van der Waals surface area contributed by atoms with Crippen LogP contribution >= 0.6 is 0 Å². The number of pyridine rings is 1. The third-order valence-electron chi connectivity index (χ3n) is 3.16. The maximum Gasteiger partial charge on any atom is 0.0638 e. The van der Waals surface area contributed by atoms with Crippen molar-refractivity contribution in [3.8, 4) is 6.07 Å². The van der Waals surface area contributed by atoms with E-state index < -0.39 is 0 Å². The molecule has 1 aromatic rings. The Morgan fingerprint density at radius 3 is 3.06 bits per heavy atom. The van der Waals surface area contributed by atoms with Crippen LogP contribution in [-0.2, 0) is 6.54 Å². The summed E-state index contributed by atoms with van der Waals surface area (Å²) < 4.78 is 0. The van der Waals surface area contributed by atoms with Gasteiger partial charge in [0.05, 0.1) is 12.5 Å². The number of rotatable bonds is 3. The van der Waals surface area contributed by atoms with Gasteiger partial charge < -0.3 is 5.32 Å². The molecule has 90 valence electrons. The van der Waals surface area contributed by atoms with Gasteiger partial charge in [-0.05, 0) is 30.7 Å². The quantitative estimate of drug-likeness (QED) is 0.846. The van der Waals surface area contributed by atoms with Crippen LogP contribution in [0.1, 0.15) is 18.4 Å². The molecule has 2 rings (SSSR count). The minimum absolute atomic E-state index is 0.329. The summed E-state index contributed by atoms with van der Waals surface area (Å²) >= 11 is 0. The molecule has 0 amide bonds. The fourth-order valence-electron chi connectivity index (χ4n) is 2.22. The van der Waals surface area contributed by atoms with E-state index in [1.807, 2.05) is 24.5 Å². The van der Waals surface area contributed by atoms with Crippen LogP contribution in [0, 0.1) is 11.3 Å². The topological polar surface area (TPSA) is 52.0 Å². The number of nitrogens with one attached hydrogen (secondary N) is 1. The molecule has 1 aliphatic heterocycles. The highest BCUT2D eigenvalue weighted by Gasteiger charge is 2.20. The summed E-state index contributed by atoms with van der Waals surface area (Å²) in [5, 5.41) is 12.3. The van der Waals surface area contributed by atoms with E-state index in [4.69, 9.17) is 5.26 Å². The average molecular weight is 230 g/mol. The Kier molecular flexibility index (Phi) is 4.48. The summed E-state index contributed by atoms with van der Waals surface area (Å²) in [5.74, 6) is 0. The second kappa shape index (κ2) is 6.33. The van der Waals surface area contributed by atoms with Crippen LogP contribution in [0.4, 0.5) is 0 Å². The van der Waals surface area contributed by atoms with Gasteiger partial charge in [-0.2, -0.15) is 5.26 Å². The molecule has 2 heterocycles. The van der Waals surface area contributed by atoms with Crippen LogP contribution in [0.2, 0.25) is 0 Å². The van der Waals surface area contributed by atoms with Crippen molar-refractivity contribution >= 4 is 0 Å². The maximum absolute atomic E-state index is 8.88. The van der Waals surface area contributed by atoms with Crippen molar-refractivity contribution in [1.29, 1.82) is 5.26 Å². The van der Waals surface area contributed by atoms with Gasteiger partial charge in [0, 0.05) is 38.1 Å². The molecule has 1 aromatic heterocycles. The van der Waals surface area contributed by atoms with Crippen LogP contribution in [0.25, 0.3) is 0 Å². The lowest BCUT2D eigenvalue weighted by molar-refractivity contribution is 0.202.